The first kappa shape index (κ1) is 15.9. The predicted octanol–water partition coefficient (Wildman–Crippen LogP) is 0.559. The Morgan fingerprint density at radius 1 is 1.31 bits per heavy atom. The number of hydrogen-bond acceptors (Lipinski definition) is 3. The molecule has 0 aromatic heterocycles. The molecule has 0 aromatic carbocycles. The average Bonchev–Trinajstić information content (AvgIpc) is 2.17. The maximum Gasteiger partial charge on any atom is 0.220 e. The molecular formula is C9H19BrN2O3S. The van der Waals surface area contributed by atoms with Gasteiger partial charge >= 0.3 is 0 Å². The maximum atomic E-state index is 11.3. The molecule has 1 N–H and O–H groups in total. The third-order valence-electron chi connectivity index (χ3n) is 2.03. The lowest BCUT2D eigenvalue weighted by Crippen LogP contribution is -2.33. The molecule has 16 heavy (non-hydrogen) atoms. The summed E-state index contributed by atoms with van der Waals surface area (Å²) in [5.74, 6) is -0.139. The van der Waals surface area contributed by atoms with E-state index in [1.54, 1.807) is 0 Å². The van der Waals surface area contributed by atoms with Gasteiger partial charge in [-0.15, -0.1) is 0 Å². The van der Waals surface area contributed by atoms with Gasteiger partial charge in [0.25, 0.3) is 0 Å². The molecule has 0 heterocycles. The summed E-state index contributed by atoms with van der Waals surface area (Å²) in [5, 5.41) is 3.48. The highest BCUT2D eigenvalue weighted by Crippen LogP contribution is 1.98. The smallest absolute Gasteiger partial charge is 0.220 e. The van der Waals surface area contributed by atoms with Crippen LogP contribution in [-0.4, -0.2) is 50.4 Å². The molecule has 0 saturated heterocycles. The molecule has 7 heteroatoms. The SMILES string of the molecule is CN(C)S(=O)(=O)CCNC(=O)CCCCBr. The molecule has 0 unspecified atom stereocenters. The van der Waals surface area contributed by atoms with Crippen LogP contribution in [0, 0.1) is 0 Å². The second kappa shape index (κ2) is 8.03. The maximum absolute atomic E-state index is 11.3. The van der Waals surface area contributed by atoms with Crippen LogP contribution in [0.25, 0.3) is 0 Å². The van der Waals surface area contributed by atoms with E-state index in [-0.39, 0.29) is 18.2 Å². The van der Waals surface area contributed by atoms with E-state index >= 15 is 0 Å². The lowest BCUT2D eigenvalue weighted by molar-refractivity contribution is -0.121. The molecule has 1 amide bonds. The molecular weight excluding hydrogens is 296 g/mol. The van der Waals surface area contributed by atoms with Crippen LogP contribution < -0.4 is 5.32 Å². The molecule has 0 aliphatic rings. The molecule has 0 radical (unpaired) electrons. The molecule has 0 rings (SSSR count). The summed E-state index contributed by atoms with van der Waals surface area (Å²) in [5.41, 5.74) is 0. The summed E-state index contributed by atoms with van der Waals surface area (Å²) < 4.78 is 23.8. The third-order valence-corrected chi connectivity index (χ3v) is 4.42. The Labute approximate surface area is 106 Å². The average molecular weight is 315 g/mol. The number of amides is 1. The molecule has 0 atom stereocenters. The standard InChI is InChI=1S/C9H19BrN2O3S/c1-12(2)16(14,15)8-7-11-9(13)5-3-4-6-10/h3-8H2,1-2H3,(H,11,13). The topological polar surface area (TPSA) is 66.5 Å². The Morgan fingerprint density at radius 2 is 1.94 bits per heavy atom. The van der Waals surface area contributed by atoms with Crippen LogP contribution in [-0.2, 0) is 14.8 Å². The van der Waals surface area contributed by atoms with E-state index in [0.29, 0.717) is 6.42 Å². The largest absolute Gasteiger partial charge is 0.355 e. The first-order valence-corrected chi connectivity index (χ1v) is 7.86. The molecule has 0 bridgehead atoms. The monoisotopic (exact) mass is 314 g/mol. The van der Waals surface area contributed by atoms with Crippen molar-refractivity contribution in [1.29, 1.82) is 0 Å². The molecule has 0 saturated carbocycles. The fourth-order valence-corrected chi connectivity index (χ4v) is 2.09. The summed E-state index contributed by atoms with van der Waals surface area (Å²) in [6, 6.07) is 0. The van der Waals surface area contributed by atoms with Crippen LogP contribution in [0.1, 0.15) is 19.3 Å². The lowest BCUT2D eigenvalue weighted by atomic mass is 10.2. The zero-order valence-electron chi connectivity index (χ0n) is 9.70. The number of unbranched alkanes of at least 4 members (excludes halogenated alkanes) is 1. The van der Waals surface area contributed by atoms with Crippen molar-refractivity contribution in [2.24, 2.45) is 0 Å². The number of carbonyl (C=O) groups excluding carboxylic acids is 1. The number of hydrogen-bond donors (Lipinski definition) is 1. The van der Waals surface area contributed by atoms with Crippen LogP contribution in [0.2, 0.25) is 0 Å². The normalized spacial score (nSPS) is 11.8. The van der Waals surface area contributed by atoms with E-state index in [9.17, 15) is 13.2 Å². The van der Waals surface area contributed by atoms with E-state index in [1.807, 2.05) is 0 Å². The second-order valence-corrected chi connectivity index (χ2v) is 6.69. The van der Waals surface area contributed by atoms with Crippen molar-refractivity contribution in [3.05, 3.63) is 0 Å². The highest BCUT2D eigenvalue weighted by molar-refractivity contribution is 9.09. The number of sulfonamides is 1. The molecule has 0 spiro atoms. The van der Waals surface area contributed by atoms with Crippen molar-refractivity contribution in [1.82, 2.24) is 9.62 Å². The van der Waals surface area contributed by atoms with Gasteiger partial charge < -0.3 is 5.32 Å². The Hall–Kier alpha value is -0.140. The van der Waals surface area contributed by atoms with Crippen LogP contribution >= 0.6 is 15.9 Å². The minimum Gasteiger partial charge on any atom is -0.355 e. The Bertz CT molecular complexity index is 304. The molecule has 96 valence electrons. The van der Waals surface area contributed by atoms with E-state index < -0.39 is 10.0 Å². The fraction of sp³-hybridized carbons (Fsp3) is 0.889. The van der Waals surface area contributed by atoms with Gasteiger partial charge in [0.2, 0.25) is 15.9 Å². The van der Waals surface area contributed by atoms with Gasteiger partial charge in [0.05, 0.1) is 5.75 Å². The highest BCUT2D eigenvalue weighted by atomic mass is 79.9. The van der Waals surface area contributed by atoms with E-state index in [1.165, 1.54) is 14.1 Å². The van der Waals surface area contributed by atoms with E-state index in [2.05, 4.69) is 21.2 Å². The number of nitrogens with zero attached hydrogens (tertiary/aromatic N) is 1. The summed E-state index contributed by atoms with van der Waals surface area (Å²) in [7, 11) is -0.249. The van der Waals surface area contributed by atoms with Crippen molar-refractivity contribution >= 4 is 31.9 Å². The summed E-state index contributed by atoms with van der Waals surface area (Å²) in [4.78, 5) is 11.2. The fourth-order valence-electron chi connectivity index (χ4n) is 0.970. The molecule has 0 aliphatic heterocycles. The number of nitrogens with one attached hydrogen (secondary N) is 1. The van der Waals surface area contributed by atoms with Crippen LogP contribution in [0.3, 0.4) is 0 Å². The zero-order chi connectivity index (χ0) is 12.6. The number of halogens is 1. The number of rotatable bonds is 8. The quantitative estimate of drug-likeness (QED) is 0.526. The van der Waals surface area contributed by atoms with Gasteiger partial charge in [0.1, 0.15) is 0 Å². The summed E-state index contributed by atoms with van der Waals surface area (Å²) >= 11 is 3.28. The highest BCUT2D eigenvalue weighted by Gasteiger charge is 2.13. The van der Waals surface area contributed by atoms with Crippen molar-refractivity contribution in [2.45, 2.75) is 19.3 Å². The molecule has 0 aliphatic carbocycles. The van der Waals surface area contributed by atoms with Gasteiger partial charge in [-0.25, -0.2) is 12.7 Å². The van der Waals surface area contributed by atoms with Gasteiger partial charge in [0.15, 0.2) is 0 Å². The second-order valence-electron chi connectivity index (χ2n) is 3.59. The third kappa shape index (κ3) is 7.19. The van der Waals surface area contributed by atoms with E-state index in [4.69, 9.17) is 0 Å². The Balaban J connectivity index is 3.70. The number of carbonyl (C=O) groups is 1. The Kier molecular flexibility index (Phi) is 7.96. The summed E-state index contributed by atoms with van der Waals surface area (Å²) in [6.45, 7) is 0.174. The van der Waals surface area contributed by atoms with Gasteiger partial charge in [-0.05, 0) is 12.8 Å². The Morgan fingerprint density at radius 3 is 2.44 bits per heavy atom. The van der Waals surface area contributed by atoms with Crippen LogP contribution in [0.5, 0.6) is 0 Å². The lowest BCUT2D eigenvalue weighted by Gasteiger charge is -2.11. The molecule has 5 nitrogen and oxygen atoms in total. The van der Waals surface area contributed by atoms with Gasteiger partial charge in [-0.3, -0.25) is 4.79 Å². The molecule has 0 fully saturated rings. The zero-order valence-corrected chi connectivity index (χ0v) is 12.1. The van der Waals surface area contributed by atoms with Crippen molar-refractivity contribution in [3.63, 3.8) is 0 Å². The van der Waals surface area contributed by atoms with Crippen molar-refractivity contribution < 1.29 is 13.2 Å². The predicted molar refractivity (Wildman–Crippen MR) is 68.1 cm³/mol. The van der Waals surface area contributed by atoms with E-state index in [0.717, 1.165) is 22.5 Å². The van der Waals surface area contributed by atoms with Gasteiger partial charge in [0, 0.05) is 32.4 Å². The summed E-state index contributed by atoms with van der Waals surface area (Å²) in [6.07, 6.45) is 2.22. The first-order valence-electron chi connectivity index (χ1n) is 5.13. The van der Waals surface area contributed by atoms with Crippen LogP contribution in [0.4, 0.5) is 0 Å². The van der Waals surface area contributed by atoms with Gasteiger partial charge in [-0.2, -0.15) is 0 Å². The number of alkyl halides is 1. The van der Waals surface area contributed by atoms with Gasteiger partial charge in [-0.1, -0.05) is 15.9 Å². The minimum atomic E-state index is -3.21. The first-order chi connectivity index (χ1) is 7.40. The molecule has 0 aromatic rings. The van der Waals surface area contributed by atoms with Crippen LogP contribution in [0.15, 0.2) is 0 Å². The van der Waals surface area contributed by atoms with Crippen molar-refractivity contribution in [3.8, 4) is 0 Å². The minimum absolute atomic E-state index is 0.0514. The van der Waals surface area contributed by atoms with Crippen molar-refractivity contribution in [2.75, 3.05) is 31.7 Å².